The third kappa shape index (κ3) is 5.48. The van der Waals surface area contributed by atoms with Gasteiger partial charge in [0.05, 0.1) is 11.8 Å². The van der Waals surface area contributed by atoms with Crippen molar-refractivity contribution >= 4 is 34.1 Å². The number of rotatable bonds is 7. The first-order chi connectivity index (χ1) is 18.2. The Morgan fingerprint density at radius 3 is 2.53 bits per heavy atom. The van der Waals surface area contributed by atoms with Gasteiger partial charge in [-0.3, -0.25) is 14.4 Å². The number of aryl methyl sites for hydroxylation is 1. The van der Waals surface area contributed by atoms with Crippen LogP contribution in [-0.2, 0) is 14.3 Å². The summed E-state index contributed by atoms with van der Waals surface area (Å²) in [5.41, 5.74) is 2.39. The molecule has 204 valence electrons. The maximum absolute atomic E-state index is 13.5. The first-order valence-electron chi connectivity index (χ1n) is 13.5. The van der Waals surface area contributed by atoms with Crippen molar-refractivity contribution in [3.63, 3.8) is 0 Å². The number of nitrogens with one attached hydrogen (secondary N) is 1. The normalized spacial score (nSPS) is 22.7. The summed E-state index contributed by atoms with van der Waals surface area (Å²) < 4.78 is 5.54. The highest BCUT2D eigenvalue weighted by Gasteiger charge is 2.48. The van der Waals surface area contributed by atoms with Crippen molar-refractivity contribution in [3.05, 3.63) is 34.7 Å². The molecule has 3 aliphatic rings. The third-order valence-electron chi connectivity index (χ3n) is 7.69. The monoisotopic (exact) mass is 539 g/mol. The summed E-state index contributed by atoms with van der Waals surface area (Å²) in [4.78, 5) is 51.3. The lowest BCUT2D eigenvalue weighted by atomic mass is 10.0. The summed E-state index contributed by atoms with van der Waals surface area (Å²) in [6.45, 7) is 10.6. The lowest BCUT2D eigenvalue weighted by Crippen LogP contribution is -2.52. The number of piperazine rings is 1. The van der Waals surface area contributed by atoms with Gasteiger partial charge in [0.1, 0.15) is 18.7 Å². The van der Waals surface area contributed by atoms with E-state index in [2.05, 4.69) is 29.1 Å². The Morgan fingerprint density at radius 1 is 1.13 bits per heavy atom. The minimum Gasteiger partial charge on any atom is -0.368 e. The molecule has 0 bridgehead atoms. The third-order valence-corrected chi connectivity index (χ3v) is 8.72. The van der Waals surface area contributed by atoms with Gasteiger partial charge in [-0.15, -0.1) is 11.3 Å². The lowest BCUT2D eigenvalue weighted by Gasteiger charge is -2.32. The number of hydrogen-bond donors (Lipinski definition) is 1. The summed E-state index contributed by atoms with van der Waals surface area (Å²) in [7, 11) is 2.14. The van der Waals surface area contributed by atoms with Crippen molar-refractivity contribution < 1.29 is 19.1 Å². The molecule has 9 nitrogen and oxygen atoms in total. The van der Waals surface area contributed by atoms with E-state index < -0.39 is 12.1 Å². The predicted octanol–water partition coefficient (Wildman–Crippen LogP) is 2.58. The molecule has 1 N–H and O–H groups in total. The topological polar surface area (TPSA) is 95.1 Å². The van der Waals surface area contributed by atoms with Gasteiger partial charge < -0.3 is 24.8 Å². The molecule has 1 aromatic heterocycles. The van der Waals surface area contributed by atoms with Gasteiger partial charge in [0.15, 0.2) is 10.9 Å². The number of aromatic nitrogens is 1. The number of anilines is 1. The fourth-order valence-electron chi connectivity index (χ4n) is 5.54. The second-order valence-electron chi connectivity index (χ2n) is 11.0. The van der Waals surface area contributed by atoms with E-state index in [1.54, 1.807) is 28.4 Å². The number of thiazole rings is 1. The van der Waals surface area contributed by atoms with Crippen LogP contribution in [0.2, 0.25) is 0 Å². The van der Waals surface area contributed by atoms with Crippen LogP contribution in [0, 0.1) is 12.8 Å². The van der Waals surface area contributed by atoms with Crippen LogP contribution in [0.3, 0.4) is 0 Å². The van der Waals surface area contributed by atoms with Crippen LogP contribution >= 0.6 is 11.3 Å². The van der Waals surface area contributed by atoms with Crippen molar-refractivity contribution in [1.29, 1.82) is 0 Å². The predicted molar refractivity (Wildman–Crippen MR) is 148 cm³/mol. The van der Waals surface area contributed by atoms with Crippen LogP contribution in [0.25, 0.3) is 11.3 Å². The van der Waals surface area contributed by atoms with Crippen LogP contribution in [0.1, 0.15) is 41.9 Å². The highest BCUT2D eigenvalue weighted by atomic mass is 32.1. The SMILES string of the molecule is Cc1sc(N2CCN(C)CC2)nc1-c1ccc(C(=O)N[C@@H](CC(C)C)C(=O)N2CC[C@H]3OCC(=O)[C@H]32)cc1. The second-order valence-corrected chi connectivity index (χ2v) is 12.2. The molecule has 0 unspecified atom stereocenters. The average Bonchev–Trinajstić information content (AvgIpc) is 3.60. The van der Waals surface area contributed by atoms with E-state index in [9.17, 15) is 14.4 Å². The molecular weight excluding hydrogens is 502 g/mol. The van der Waals surface area contributed by atoms with Crippen LogP contribution in [0.4, 0.5) is 5.13 Å². The van der Waals surface area contributed by atoms with Gasteiger partial charge in [-0.1, -0.05) is 26.0 Å². The molecule has 2 amide bonds. The molecule has 10 heteroatoms. The Hall–Kier alpha value is -2.82. The highest BCUT2D eigenvalue weighted by molar-refractivity contribution is 7.16. The van der Waals surface area contributed by atoms with Crippen molar-refractivity contribution in [2.75, 3.05) is 51.3 Å². The maximum Gasteiger partial charge on any atom is 0.251 e. The van der Waals surface area contributed by atoms with E-state index in [-0.39, 0.29) is 36.2 Å². The molecule has 0 saturated carbocycles. The Morgan fingerprint density at radius 2 is 1.84 bits per heavy atom. The minimum atomic E-state index is -0.693. The van der Waals surface area contributed by atoms with E-state index in [4.69, 9.17) is 9.72 Å². The second kappa shape index (κ2) is 11.1. The molecule has 38 heavy (non-hydrogen) atoms. The Bertz CT molecular complexity index is 1190. The number of likely N-dealkylation sites (N-methyl/N-ethyl adjacent to an activating group) is 1. The van der Waals surface area contributed by atoms with Gasteiger partial charge in [0.25, 0.3) is 5.91 Å². The Labute approximate surface area is 228 Å². The molecule has 2 aromatic rings. The molecule has 1 aromatic carbocycles. The van der Waals surface area contributed by atoms with Crippen LogP contribution in [0.5, 0.6) is 0 Å². The van der Waals surface area contributed by atoms with Crippen LogP contribution in [-0.4, -0.2) is 96.9 Å². The summed E-state index contributed by atoms with van der Waals surface area (Å²) in [5.74, 6) is -0.361. The quantitative estimate of drug-likeness (QED) is 0.578. The zero-order valence-corrected chi connectivity index (χ0v) is 23.4. The van der Waals surface area contributed by atoms with E-state index in [0.29, 0.717) is 24.9 Å². The van der Waals surface area contributed by atoms with Gasteiger partial charge in [-0.25, -0.2) is 4.98 Å². The number of benzene rings is 1. The zero-order chi connectivity index (χ0) is 27.0. The van der Waals surface area contributed by atoms with Crippen molar-refractivity contribution in [3.8, 4) is 11.3 Å². The van der Waals surface area contributed by atoms with Gasteiger partial charge in [-0.2, -0.15) is 0 Å². The first-order valence-corrected chi connectivity index (χ1v) is 14.3. The van der Waals surface area contributed by atoms with Gasteiger partial charge >= 0.3 is 0 Å². The molecule has 0 spiro atoms. The largest absolute Gasteiger partial charge is 0.368 e. The number of carbonyl (C=O) groups is 3. The van der Waals surface area contributed by atoms with Gasteiger partial charge in [0.2, 0.25) is 5.91 Å². The number of ketones is 1. The molecule has 4 heterocycles. The number of carbonyl (C=O) groups excluding carboxylic acids is 3. The Kier molecular flexibility index (Phi) is 7.83. The average molecular weight is 540 g/mol. The lowest BCUT2D eigenvalue weighted by molar-refractivity contribution is -0.138. The molecule has 3 atom stereocenters. The summed E-state index contributed by atoms with van der Waals surface area (Å²) in [5, 5.41) is 3.99. The first kappa shape index (κ1) is 26.8. The van der Waals surface area contributed by atoms with E-state index in [0.717, 1.165) is 47.4 Å². The molecule has 0 aliphatic carbocycles. The summed E-state index contributed by atoms with van der Waals surface area (Å²) in [6, 6.07) is 6.20. The zero-order valence-electron chi connectivity index (χ0n) is 22.6. The van der Waals surface area contributed by atoms with Gasteiger partial charge in [-0.05, 0) is 44.9 Å². The molecular formula is C28H37N5O4S. The number of fused-ring (bicyclic) bond motifs is 1. The molecule has 3 aliphatic heterocycles. The Balaban J connectivity index is 1.27. The van der Waals surface area contributed by atoms with Crippen molar-refractivity contribution in [2.45, 2.75) is 51.8 Å². The van der Waals surface area contributed by atoms with E-state index in [1.807, 2.05) is 26.0 Å². The molecule has 3 fully saturated rings. The van der Waals surface area contributed by atoms with Crippen LogP contribution in [0.15, 0.2) is 24.3 Å². The number of Topliss-reactive ketones (excluding diaryl/α,β-unsaturated/α-hetero) is 1. The maximum atomic E-state index is 13.5. The molecule has 5 rings (SSSR count). The number of likely N-dealkylation sites (tertiary alicyclic amines) is 1. The smallest absolute Gasteiger partial charge is 0.251 e. The summed E-state index contributed by atoms with van der Waals surface area (Å²) >= 11 is 1.71. The fraction of sp³-hybridized carbons (Fsp3) is 0.571. The van der Waals surface area contributed by atoms with Crippen molar-refractivity contribution in [2.24, 2.45) is 5.92 Å². The molecule has 3 saturated heterocycles. The molecule has 0 radical (unpaired) electrons. The number of nitrogens with zero attached hydrogens (tertiary/aromatic N) is 4. The van der Waals surface area contributed by atoms with E-state index in [1.165, 1.54) is 0 Å². The fourth-order valence-corrected chi connectivity index (χ4v) is 6.52. The standard InChI is InChI=1S/C28H37N5O4S/c1-17(2)15-21(27(36)33-10-9-23-25(33)22(34)16-37-23)29-26(35)20-7-5-19(6-8-20)24-18(3)38-28(30-24)32-13-11-31(4)12-14-32/h5-8,17,21,23,25H,9-16H2,1-4H3,(H,29,35)/t21-,23+,25+/m0/s1. The summed E-state index contributed by atoms with van der Waals surface area (Å²) in [6.07, 6.45) is 0.928. The number of ether oxygens (including phenoxy) is 1. The van der Waals surface area contributed by atoms with E-state index >= 15 is 0 Å². The van der Waals surface area contributed by atoms with Gasteiger partial charge in [0, 0.05) is 48.7 Å². The van der Waals surface area contributed by atoms with Crippen LogP contribution < -0.4 is 10.2 Å². The highest BCUT2D eigenvalue weighted by Crippen LogP contribution is 2.33. The number of hydrogen-bond acceptors (Lipinski definition) is 8. The number of amides is 2. The van der Waals surface area contributed by atoms with Crippen molar-refractivity contribution in [1.82, 2.24) is 20.1 Å². The minimum absolute atomic E-state index is 0.0563.